The molecule has 0 unspecified atom stereocenters. The zero-order valence-electron chi connectivity index (χ0n) is 13.7. The van der Waals surface area contributed by atoms with E-state index in [1.54, 1.807) is 17.2 Å². The van der Waals surface area contributed by atoms with E-state index in [1.165, 1.54) is 12.1 Å². The molecule has 0 aliphatic carbocycles. The lowest BCUT2D eigenvalue weighted by Crippen LogP contribution is -2.38. The Morgan fingerprint density at radius 3 is 2.76 bits per heavy atom. The molecule has 1 atom stereocenters. The molecular weight excluding hydrogens is 325 g/mol. The summed E-state index contributed by atoms with van der Waals surface area (Å²) in [4.78, 5) is 25.5. The van der Waals surface area contributed by atoms with Crippen LogP contribution >= 0.6 is 0 Å². The Morgan fingerprint density at radius 2 is 2.08 bits per heavy atom. The van der Waals surface area contributed by atoms with Crippen molar-refractivity contribution in [2.24, 2.45) is 5.73 Å². The van der Waals surface area contributed by atoms with Crippen molar-refractivity contribution in [2.45, 2.75) is 31.7 Å². The summed E-state index contributed by atoms with van der Waals surface area (Å²) in [6.45, 7) is 0.596. The van der Waals surface area contributed by atoms with E-state index >= 15 is 0 Å². The van der Waals surface area contributed by atoms with Crippen LogP contribution in [0.25, 0.3) is 0 Å². The van der Waals surface area contributed by atoms with Crippen molar-refractivity contribution in [2.75, 3.05) is 11.9 Å². The Bertz CT molecular complexity index is 761. The molecule has 0 spiro atoms. The molecule has 3 rings (SSSR count). The summed E-state index contributed by atoms with van der Waals surface area (Å²) < 4.78 is 19.4. The number of rotatable bonds is 3. The monoisotopic (exact) mass is 345 g/mol. The highest BCUT2D eigenvalue weighted by Gasteiger charge is 2.28. The molecule has 3 amide bonds. The Hall–Kier alpha value is -2.83. The minimum atomic E-state index is -0.847. The first-order chi connectivity index (χ1) is 12.1. The van der Waals surface area contributed by atoms with Gasteiger partial charge < -0.3 is 20.4 Å². The van der Waals surface area contributed by atoms with Crippen molar-refractivity contribution in [1.29, 1.82) is 0 Å². The molecule has 1 aliphatic rings. The van der Waals surface area contributed by atoms with Crippen molar-refractivity contribution in [3.63, 3.8) is 0 Å². The van der Waals surface area contributed by atoms with Crippen LogP contribution in [0.15, 0.2) is 41.0 Å². The van der Waals surface area contributed by atoms with Gasteiger partial charge in [-0.2, -0.15) is 0 Å². The van der Waals surface area contributed by atoms with E-state index in [9.17, 15) is 14.0 Å². The predicted octanol–water partition coefficient (Wildman–Crippen LogP) is 3.67. The third-order valence-corrected chi connectivity index (χ3v) is 4.37. The summed E-state index contributed by atoms with van der Waals surface area (Å²) in [5, 5.41) is 2.69. The van der Waals surface area contributed by atoms with Crippen LogP contribution < -0.4 is 11.1 Å². The molecular formula is C18H20FN3O3. The number of carbonyl (C=O) groups excluding carboxylic acids is 2. The van der Waals surface area contributed by atoms with Gasteiger partial charge in [0.25, 0.3) is 5.91 Å². The number of amides is 3. The van der Waals surface area contributed by atoms with Gasteiger partial charge in [0.15, 0.2) is 0 Å². The number of likely N-dealkylation sites (tertiary alicyclic amines) is 1. The maximum Gasteiger partial charge on any atom is 0.322 e. The lowest BCUT2D eigenvalue weighted by Gasteiger charge is -2.28. The number of anilines is 1. The number of nitrogens with two attached hydrogens (primary N) is 1. The number of nitrogens with zero attached hydrogens (tertiary/aromatic N) is 1. The van der Waals surface area contributed by atoms with Gasteiger partial charge in [0.2, 0.25) is 0 Å². The summed E-state index contributed by atoms with van der Waals surface area (Å²) in [6, 6.07) is 7.01. The summed E-state index contributed by atoms with van der Waals surface area (Å²) in [5.74, 6) is -0.864. The quantitative estimate of drug-likeness (QED) is 0.889. The second-order valence-electron chi connectivity index (χ2n) is 6.06. The van der Waals surface area contributed by atoms with Crippen LogP contribution in [-0.2, 0) is 0 Å². The molecule has 3 N–H and O–H groups in total. The molecule has 1 aliphatic heterocycles. The highest BCUT2D eigenvalue weighted by molar-refractivity contribution is 5.94. The number of urea groups is 1. The zero-order valence-corrected chi connectivity index (χ0v) is 13.7. The minimum absolute atomic E-state index is 0.146. The molecule has 1 fully saturated rings. The fraction of sp³-hybridized carbons (Fsp3) is 0.333. The molecule has 0 saturated carbocycles. The van der Waals surface area contributed by atoms with Crippen molar-refractivity contribution >= 4 is 17.6 Å². The Balaban J connectivity index is 1.78. The van der Waals surface area contributed by atoms with Crippen LogP contribution in [-0.4, -0.2) is 23.4 Å². The van der Waals surface area contributed by atoms with Crippen LogP contribution in [0.4, 0.5) is 14.9 Å². The second-order valence-corrected chi connectivity index (χ2v) is 6.06. The smallest absolute Gasteiger partial charge is 0.322 e. The van der Waals surface area contributed by atoms with E-state index in [4.69, 9.17) is 10.2 Å². The maximum atomic E-state index is 13.9. The molecule has 1 aromatic heterocycles. The van der Waals surface area contributed by atoms with Gasteiger partial charge in [-0.3, -0.25) is 4.79 Å². The van der Waals surface area contributed by atoms with Crippen molar-refractivity contribution < 1.29 is 18.4 Å². The van der Waals surface area contributed by atoms with Gasteiger partial charge in [0.1, 0.15) is 11.6 Å². The van der Waals surface area contributed by atoms with Crippen LogP contribution in [0.1, 0.15) is 47.8 Å². The Kier molecular flexibility index (Phi) is 5.02. The number of hydrogen-bond acceptors (Lipinski definition) is 3. The second kappa shape index (κ2) is 7.38. The summed E-state index contributed by atoms with van der Waals surface area (Å²) in [6.07, 6.45) is 5.36. The van der Waals surface area contributed by atoms with Gasteiger partial charge in [-0.1, -0.05) is 12.8 Å². The first kappa shape index (κ1) is 17.0. The van der Waals surface area contributed by atoms with E-state index in [0.29, 0.717) is 6.54 Å². The summed E-state index contributed by atoms with van der Waals surface area (Å²) in [5.41, 5.74) is 5.15. The average Bonchev–Trinajstić information content (AvgIpc) is 2.98. The summed E-state index contributed by atoms with van der Waals surface area (Å²) in [7, 11) is 0. The zero-order chi connectivity index (χ0) is 17.8. The number of hydrogen-bond donors (Lipinski definition) is 2. The van der Waals surface area contributed by atoms with Gasteiger partial charge in [0.05, 0.1) is 17.9 Å². The molecule has 2 aromatic rings. The highest BCUT2D eigenvalue weighted by atomic mass is 19.1. The third-order valence-electron chi connectivity index (χ3n) is 4.37. The Labute approximate surface area is 144 Å². The number of benzene rings is 1. The first-order valence-electron chi connectivity index (χ1n) is 8.26. The van der Waals surface area contributed by atoms with Gasteiger partial charge in [-0.05, 0) is 43.2 Å². The van der Waals surface area contributed by atoms with E-state index in [2.05, 4.69) is 5.32 Å². The van der Waals surface area contributed by atoms with Crippen LogP contribution in [0, 0.1) is 5.82 Å². The number of carbonyl (C=O) groups is 2. The first-order valence-corrected chi connectivity index (χ1v) is 8.26. The predicted molar refractivity (Wildman–Crippen MR) is 90.6 cm³/mol. The Morgan fingerprint density at radius 1 is 1.24 bits per heavy atom. The molecule has 1 saturated heterocycles. The van der Waals surface area contributed by atoms with Crippen molar-refractivity contribution in [1.82, 2.24) is 4.90 Å². The number of primary amides is 1. The maximum absolute atomic E-state index is 13.9. The molecule has 6 nitrogen and oxygen atoms in total. The molecule has 0 bridgehead atoms. The van der Waals surface area contributed by atoms with Crippen LogP contribution in [0.2, 0.25) is 0 Å². The topological polar surface area (TPSA) is 88.6 Å². The van der Waals surface area contributed by atoms with Crippen molar-refractivity contribution in [3.05, 3.63) is 53.7 Å². The van der Waals surface area contributed by atoms with Crippen molar-refractivity contribution in [3.8, 4) is 0 Å². The molecule has 0 radical (unpaired) electrons. The van der Waals surface area contributed by atoms with E-state index in [0.717, 1.165) is 37.5 Å². The van der Waals surface area contributed by atoms with Crippen LogP contribution in [0.3, 0.4) is 0 Å². The minimum Gasteiger partial charge on any atom is -0.467 e. The number of nitrogens with one attached hydrogen (secondary N) is 1. The molecule has 7 heteroatoms. The average molecular weight is 345 g/mol. The third kappa shape index (κ3) is 3.81. The van der Waals surface area contributed by atoms with E-state index in [-0.39, 0.29) is 23.3 Å². The van der Waals surface area contributed by atoms with Gasteiger partial charge in [-0.25, -0.2) is 9.18 Å². The van der Waals surface area contributed by atoms with Gasteiger partial charge in [-0.15, -0.1) is 0 Å². The van der Waals surface area contributed by atoms with E-state index < -0.39 is 11.7 Å². The lowest BCUT2D eigenvalue weighted by atomic mass is 10.1. The largest absolute Gasteiger partial charge is 0.467 e. The number of halogens is 1. The molecule has 132 valence electrons. The molecule has 1 aromatic carbocycles. The molecule has 25 heavy (non-hydrogen) atoms. The SMILES string of the molecule is NC(=O)c1ccc(NC(=O)N2CCCCC[C@@H]2c2ccco2)cc1F. The normalized spacial score (nSPS) is 17.8. The number of furan rings is 1. The summed E-state index contributed by atoms with van der Waals surface area (Å²) >= 11 is 0. The van der Waals surface area contributed by atoms with Gasteiger partial charge in [0, 0.05) is 12.2 Å². The fourth-order valence-electron chi connectivity index (χ4n) is 3.12. The highest BCUT2D eigenvalue weighted by Crippen LogP contribution is 2.31. The van der Waals surface area contributed by atoms with Crippen LogP contribution in [0.5, 0.6) is 0 Å². The standard InChI is InChI=1S/C18H20FN3O3/c19-14-11-12(7-8-13(14)17(20)23)21-18(24)22-9-3-1-2-5-15(22)16-6-4-10-25-16/h4,6-8,10-11,15H,1-3,5,9H2,(H2,20,23)(H,21,24)/t15-/m1/s1. The van der Waals surface area contributed by atoms with Gasteiger partial charge >= 0.3 is 6.03 Å². The molecule has 2 heterocycles. The fourth-order valence-corrected chi connectivity index (χ4v) is 3.12. The van der Waals surface area contributed by atoms with E-state index in [1.807, 2.05) is 6.07 Å². The lowest BCUT2D eigenvalue weighted by molar-refractivity contribution is 0.0996.